The molecule has 0 saturated heterocycles. The van der Waals surface area contributed by atoms with E-state index in [0.717, 1.165) is 5.56 Å². The number of allylic oxidation sites excluding steroid dienone is 1. The van der Waals surface area contributed by atoms with Crippen molar-refractivity contribution in [1.29, 1.82) is 0 Å². The van der Waals surface area contributed by atoms with Crippen LogP contribution in [-0.2, 0) is 5.41 Å². The van der Waals surface area contributed by atoms with Gasteiger partial charge in [-0.2, -0.15) is 0 Å². The van der Waals surface area contributed by atoms with Crippen LogP contribution in [0.5, 0.6) is 5.75 Å². The SMILES string of the molecule is C/C(=C\c1ccc(O)cc1)c1ccc2c(c1)C(C)(C)CCS2. The molecular formula is C20H22OS. The van der Waals surface area contributed by atoms with Crippen molar-refractivity contribution < 1.29 is 5.11 Å². The first-order valence-electron chi connectivity index (χ1n) is 7.71. The number of hydrogen-bond acceptors (Lipinski definition) is 2. The third-order valence-electron chi connectivity index (χ3n) is 4.42. The Morgan fingerprint density at radius 3 is 2.59 bits per heavy atom. The molecule has 0 bridgehead atoms. The largest absolute Gasteiger partial charge is 0.508 e. The van der Waals surface area contributed by atoms with E-state index in [-0.39, 0.29) is 5.41 Å². The molecule has 0 amide bonds. The normalized spacial score (nSPS) is 17.1. The molecule has 1 aliphatic heterocycles. The molecule has 0 saturated carbocycles. The van der Waals surface area contributed by atoms with Crippen molar-refractivity contribution in [3.63, 3.8) is 0 Å². The predicted octanol–water partition coefficient (Wildman–Crippen LogP) is 5.73. The zero-order valence-electron chi connectivity index (χ0n) is 13.4. The molecule has 1 heterocycles. The fourth-order valence-corrected chi connectivity index (χ4v) is 4.37. The number of aromatic hydroxyl groups is 1. The summed E-state index contributed by atoms with van der Waals surface area (Å²) in [6.45, 7) is 6.83. The quantitative estimate of drug-likeness (QED) is 0.715. The van der Waals surface area contributed by atoms with Crippen LogP contribution in [0.15, 0.2) is 47.4 Å². The molecule has 0 aliphatic carbocycles. The minimum Gasteiger partial charge on any atom is -0.508 e. The molecule has 114 valence electrons. The third-order valence-corrected chi connectivity index (χ3v) is 5.50. The third kappa shape index (κ3) is 3.07. The van der Waals surface area contributed by atoms with Crippen molar-refractivity contribution >= 4 is 23.4 Å². The van der Waals surface area contributed by atoms with Crippen molar-refractivity contribution in [2.24, 2.45) is 0 Å². The van der Waals surface area contributed by atoms with Gasteiger partial charge in [0.05, 0.1) is 0 Å². The summed E-state index contributed by atoms with van der Waals surface area (Å²) in [6.07, 6.45) is 3.40. The molecule has 0 radical (unpaired) electrons. The highest BCUT2D eigenvalue weighted by atomic mass is 32.2. The van der Waals surface area contributed by atoms with Gasteiger partial charge in [0.15, 0.2) is 0 Å². The summed E-state index contributed by atoms with van der Waals surface area (Å²) in [5.41, 5.74) is 5.37. The van der Waals surface area contributed by atoms with Crippen LogP contribution in [0.4, 0.5) is 0 Å². The van der Waals surface area contributed by atoms with Crippen molar-refractivity contribution in [2.45, 2.75) is 37.5 Å². The first-order chi connectivity index (χ1) is 10.5. The first kappa shape index (κ1) is 15.2. The molecule has 2 aromatic carbocycles. The van der Waals surface area contributed by atoms with Crippen LogP contribution in [-0.4, -0.2) is 10.9 Å². The lowest BCUT2D eigenvalue weighted by Gasteiger charge is -2.32. The second-order valence-electron chi connectivity index (χ2n) is 6.61. The Hall–Kier alpha value is -1.67. The van der Waals surface area contributed by atoms with E-state index in [9.17, 15) is 5.11 Å². The smallest absolute Gasteiger partial charge is 0.115 e. The molecule has 22 heavy (non-hydrogen) atoms. The van der Waals surface area contributed by atoms with Gasteiger partial charge < -0.3 is 5.11 Å². The summed E-state index contributed by atoms with van der Waals surface area (Å²) in [7, 11) is 0. The fourth-order valence-electron chi connectivity index (χ4n) is 2.88. The van der Waals surface area contributed by atoms with Gasteiger partial charge >= 0.3 is 0 Å². The van der Waals surface area contributed by atoms with Gasteiger partial charge in [0.1, 0.15) is 5.75 Å². The number of phenols is 1. The van der Waals surface area contributed by atoms with Gasteiger partial charge in [-0.15, -0.1) is 11.8 Å². The monoisotopic (exact) mass is 310 g/mol. The number of fused-ring (bicyclic) bond motifs is 1. The summed E-state index contributed by atoms with van der Waals surface area (Å²) < 4.78 is 0. The molecule has 2 aromatic rings. The number of phenolic OH excluding ortho intramolecular Hbond substituents is 1. The molecular weight excluding hydrogens is 288 g/mol. The maximum absolute atomic E-state index is 9.37. The first-order valence-corrected chi connectivity index (χ1v) is 8.69. The molecule has 1 nitrogen and oxygen atoms in total. The molecule has 0 fully saturated rings. The Balaban J connectivity index is 1.96. The zero-order chi connectivity index (χ0) is 15.7. The Bertz CT molecular complexity index is 711. The topological polar surface area (TPSA) is 20.2 Å². The van der Waals surface area contributed by atoms with Crippen LogP contribution in [0, 0.1) is 0 Å². The second kappa shape index (κ2) is 5.85. The van der Waals surface area contributed by atoms with E-state index in [1.165, 1.54) is 33.8 Å². The minimum absolute atomic E-state index is 0.259. The highest BCUT2D eigenvalue weighted by Crippen LogP contribution is 2.42. The highest BCUT2D eigenvalue weighted by molar-refractivity contribution is 7.99. The van der Waals surface area contributed by atoms with E-state index >= 15 is 0 Å². The van der Waals surface area contributed by atoms with Gasteiger partial charge in [-0.25, -0.2) is 0 Å². The van der Waals surface area contributed by atoms with Crippen molar-refractivity contribution in [3.05, 3.63) is 59.2 Å². The lowest BCUT2D eigenvalue weighted by molar-refractivity contribution is 0.475. The maximum atomic E-state index is 9.37. The molecule has 0 unspecified atom stereocenters. The average Bonchev–Trinajstić information content (AvgIpc) is 2.49. The Morgan fingerprint density at radius 1 is 1.14 bits per heavy atom. The van der Waals surface area contributed by atoms with Crippen LogP contribution in [0.1, 0.15) is 43.9 Å². The van der Waals surface area contributed by atoms with Crippen LogP contribution in [0.3, 0.4) is 0 Å². The predicted molar refractivity (Wildman–Crippen MR) is 96.5 cm³/mol. The zero-order valence-corrected chi connectivity index (χ0v) is 14.2. The molecule has 2 heteroatoms. The van der Waals surface area contributed by atoms with Crippen molar-refractivity contribution in [1.82, 2.24) is 0 Å². The van der Waals surface area contributed by atoms with Crippen LogP contribution in [0.25, 0.3) is 11.6 Å². The summed E-state index contributed by atoms with van der Waals surface area (Å²) in [5.74, 6) is 1.52. The van der Waals surface area contributed by atoms with Crippen LogP contribution >= 0.6 is 11.8 Å². The van der Waals surface area contributed by atoms with Gasteiger partial charge in [-0.3, -0.25) is 0 Å². The minimum atomic E-state index is 0.259. The number of thioether (sulfide) groups is 1. The lowest BCUT2D eigenvalue weighted by atomic mass is 9.80. The van der Waals surface area contributed by atoms with E-state index < -0.39 is 0 Å². The summed E-state index contributed by atoms with van der Waals surface area (Å²) in [6, 6.07) is 14.2. The van der Waals surface area contributed by atoms with Crippen molar-refractivity contribution in [3.8, 4) is 5.75 Å². The van der Waals surface area contributed by atoms with Gasteiger partial charge in [-0.05, 0) is 71.0 Å². The highest BCUT2D eigenvalue weighted by Gasteiger charge is 2.27. The Morgan fingerprint density at radius 2 is 1.86 bits per heavy atom. The number of benzene rings is 2. The van der Waals surface area contributed by atoms with Crippen LogP contribution < -0.4 is 0 Å². The van der Waals surface area contributed by atoms with E-state index in [4.69, 9.17) is 0 Å². The molecule has 1 aliphatic rings. The van der Waals surface area contributed by atoms with E-state index in [1.807, 2.05) is 23.9 Å². The van der Waals surface area contributed by atoms with E-state index in [1.54, 1.807) is 12.1 Å². The second-order valence-corrected chi connectivity index (χ2v) is 7.75. The molecule has 3 rings (SSSR count). The van der Waals surface area contributed by atoms with E-state index in [2.05, 4.69) is 45.0 Å². The molecule has 0 spiro atoms. The lowest BCUT2D eigenvalue weighted by Crippen LogP contribution is -2.22. The Labute approximate surface area is 137 Å². The molecule has 1 N–H and O–H groups in total. The molecule has 0 atom stereocenters. The van der Waals surface area contributed by atoms with Gasteiger partial charge in [0, 0.05) is 4.90 Å². The summed E-state index contributed by atoms with van der Waals surface area (Å²) in [4.78, 5) is 1.43. The fraction of sp³-hybridized carbons (Fsp3) is 0.300. The standard InChI is InChI=1S/C20H22OS/c1-14(12-15-4-7-17(21)8-5-15)16-6-9-19-18(13-16)20(2,3)10-11-22-19/h4-9,12-13,21H,10-11H2,1-3H3/b14-12+. The summed E-state index contributed by atoms with van der Waals surface area (Å²) >= 11 is 1.97. The van der Waals surface area contributed by atoms with Crippen molar-refractivity contribution in [2.75, 3.05) is 5.75 Å². The van der Waals surface area contributed by atoms with Gasteiger partial charge in [-0.1, -0.05) is 38.1 Å². The molecule has 0 aromatic heterocycles. The number of hydrogen-bond donors (Lipinski definition) is 1. The number of rotatable bonds is 2. The van der Waals surface area contributed by atoms with Crippen LogP contribution in [0.2, 0.25) is 0 Å². The van der Waals surface area contributed by atoms with E-state index in [0.29, 0.717) is 5.75 Å². The maximum Gasteiger partial charge on any atom is 0.115 e. The van der Waals surface area contributed by atoms with Gasteiger partial charge in [0.25, 0.3) is 0 Å². The Kier molecular flexibility index (Phi) is 4.05. The summed E-state index contributed by atoms with van der Waals surface area (Å²) in [5, 5.41) is 9.37. The van der Waals surface area contributed by atoms with Gasteiger partial charge in [0.2, 0.25) is 0 Å². The average molecular weight is 310 g/mol.